The zero-order chi connectivity index (χ0) is 18.1. The van der Waals surface area contributed by atoms with E-state index in [1.54, 1.807) is 13.2 Å². The van der Waals surface area contributed by atoms with E-state index >= 15 is 0 Å². The summed E-state index contributed by atoms with van der Waals surface area (Å²) in [5.74, 6) is 0.637. The average molecular weight is 348 g/mol. The smallest absolute Gasteiger partial charge is 0.279 e. The second kappa shape index (κ2) is 10.0. The third kappa shape index (κ3) is 6.74. The van der Waals surface area contributed by atoms with Crippen molar-refractivity contribution in [2.24, 2.45) is 0 Å². The van der Waals surface area contributed by atoms with E-state index in [0.717, 1.165) is 24.3 Å². The molecule has 1 aliphatic carbocycles. The summed E-state index contributed by atoms with van der Waals surface area (Å²) >= 11 is 0. The molecule has 0 saturated heterocycles. The van der Waals surface area contributed by atoms with Gasteiger partial charge in [-0.2, -0.15) is 0 Å². The van der Waals surface area contributed by atoms with Crippen molar-refractivity contribution in [3.05, 3.63) is 24.3 Å². The summed E-state index contributed by atoms with van der Waals surface area (Å²) in [7, 11) is 1.59. The van der Waals surface area contributed by atoms with Crippen LogP contribution in [0.1, 0.15) is 39.0 Å². The summed E-state index contributed by atoms with van der Waals surface area (Å²) in [4.78, 5) is 25.4. The van der Waals surface area contributed by atoms with Crippen molar-refractivity contribution in [2.45, 2.75) is 45.1 Å². The minimum absolute atomic E-state index is 0.0398. The predicted octanol–water partition coefficient (Wildman–Crippen LogP) is 0.987. The highest BCUT2D eigenvalue weighted by atomic mass is 16.5. The van der Waals surface area contributed by atoms with Crippen LogP contribution >= 0.6 is 0 Å². The fourth-order valence-electron chi connectivity index (χ4n) is 3.20. The fraction of sp³-hybridized carbons (Fsp3) is 0.579. The number of likely N-dealkylation sites (N-methyl/N-ethyl adjacent to an activating group) is 1. The van der Waals surface area contributed by atoms with Crippen LogP contribution in [0.5, 0.6) is 5.75 Å². The summed E-state index contributed by atoms with van der Waals surface area (Å²) < 4.78 is 5.15. The minimum atomic E-state index is -0.101. The third-order valence-corrected chi connectivity index (χ3v) is 4.64. The van der Waals surface area contributed by atoms with Crippen LogP contribution in [-0.2, 0) is 9.59 Å². The number of amides is 2. The number of quaternary nitrogens is 1. The molecule has 1 saturated carbocycles. The molecule has 0 aromatic heterocycles. The second-order valence-corrected chi connectivity index (χ2v) is 6.64. The Balaban J connectivity index is 1.79. The molecule has 25 heavy (non-hydrogen) atoms. The van der Waals surface area contributed by atoms with Crippen molar-refractivity contribution in [3.63, 3.8) is 0 Å². The molecule has 0 bridgehead atoms. The normalized spacial score (nSPS) is 16.1. The standard InChI is InChI=1S/C19H29N3O3/c1-3-22(13-18(23)20-15-8-5-4-6-9-15)14-19(24)21-16-10-7-11-17(12-16)25-2/h7,10-12,15H,3-6,8-9,13-14H2,1-2H3,(H,20,23)(H,21,24)/p+1. The summed E-state index contributed by atoms with van der Waals surface area (Å²) in [6, 6.07) is 7.57. The van der Waals surface area contributed by atoms with Crippen LogP contribution in [0.25, 0.3) is 0 Å². The van der Waals surface area contributed by atoms with Gasteiger partial charge in [0.25, 0.3) is 11.8 Å². The predicted molar refractivity (Wildman–Crippen MR) is 97.9 cm³/mol. The van der Waals surface area contributed by atoms with Gasteiger partial charge in [0, 0.05) is 17.8 Å². The van der Waals surface area contributed by atoms with Crippen LogP contribution in [0, 0.1) is 0 Å². The topological polar surface area (TPSA) is 71.9 Å². The number of methoxy groups -OCH3 is 1. The second-order valence-electron chi connectivity index (χ2n) is 6.64. The Hall–Kier alpha value is -2.08. The van der Waals surface area contributed by atoms with Crippen molar-refractivity contribution in [2.75, 3.05) is 32.1 Å². The third-order valence-electron chi connectivity index (χ3n) is 4.64. The van der Waals surface area contributed by atoms with Gasteiger partial charge >= 0.3 is 0 Å². The average Bonchev–Trinajstić information content (AvgIpc) is 2.62. The monoisotopic (exact) mass is 348 g/mol. The van der Waals surface area contributed by atoms with Crippen molar-refractivity contribution in [1.29, 1.82) is 0 Å². The molecule has 0 radical (unpaired) electrons. The Morgan fingerprint density at radius 3 is 2.56 bits per heavy atom. The quantitative estimate of drug-likeness (QED) is 0.656. The highest BCUT2D eigenvalue weighted by Crippen LogP contribution is 2.17. The Labute approximate surface area is 149 Å². The molecule has 6 nitrogen and oxygen atoms in total. The van der Waals surface area contributed by atoms with E-state index < -0.39 is 0 Å². The van der Waals surface area contributed by atoms with Crippen molar-refractivity contribution in [1.82, 2.24) is 5.32 Å². The summed E-state index contributed by atoms with van der Waals surface area (Å²) in [5.41, 5.74) is 0.700. The van der Waals surface area contributed by atoms with E-state index in [-0.39, 0.29) is 18.4 Å². The van der Waals surface area contributed by atoms with Gasteiger partial charge in [-0.1, -0.05) is 25.3 Å². The van der Waals surface area contributed by atoms with E-state index in [0.29, 0.717) is 24.0 Å². The number of ether oxygens (including phenoxy) is 1. The molecular weight excluding hydrogens is 318 g/mol. The zero-order valence-corrected chi connectivity index (χ0v) is 15.3. The number of hydrogen-bond acceptors (Lipinski definition) is 3. The minimum Gasteiger partial charge on any atom is -0.497 e. The molecule has 1 aromatic carbocycles. The molecule has 1 aliphatic rings. The maximum atomic E-state index is 12.2. The fourth-order valence-corrected chi connectivity index (χ4v) is 3.20. The van der Waals surface area contributed by atoms with Crippen LogP contribution in [0.4, 0.5) is 5.69 Å². The molecule has 1 atom stereocenters. The van der Waals surface area contributed by atoms with Crippen LogP contribution in [0.2, 0.25) is 0 Å². The van der Waals surface area contributed by atoms with Crippen molar-refractivity contribution >= 4 is 17.5 Å². The molecule has 0 aliphatic heterocycles. The molecular formula is C19H30N3O3+. The van der Waals surface area contributed by atoms with Gasteiger partial charge in [0.1, 0.15) is 5.75 Å². The number of benzene rings is 1. The van der Waals surface area contributed by atoms with E-state index in [1.807, 2.05) is 25.1 Å². The maximum Gasteiger partial charge on any atom is 0.279 e. The molecule has 2 rings (SSSR count). The SMILES string of the molecule is CC[NH+](CC(=O)Nc1cccc(OC)c1)CC(=O)NC1CCCCC1. The van der Waals surface area contributed by atoms with Gasteiger partial charge in [-0.25, -0.2) is 0 Å². The number of carbonyl (C=O) groups excluding carboxylic acids is 2. The lowest BCUT2D eigenvalue weighted by molar-refractivity contribution is -0.881. The lowest BCUT2D eigenvalue weighted by Gasteiger charge is -2.24. The van der Waals surface area contributed by atoms with Crippen molar-refractivity contribution in [3.8, 4) is 5.75 Å². The number of nitrogens with one attached hydrogen (secondary N) is 3. The van der Waals surface area contributed by atoms with E-state index in [4.69, 9.17) is 4.74 Å². The van der Waals surface area contributed by atoms with E-state index in [9.17, 15) is 9.59 Å². The first-order chi connectivity index (χ1) is 12.1. The Kier molecular flexibility index (Phi) is 7.73. The molecule has 2 amide bonds. The van der Waals surface area contributed by atoms with Crippen LogP contribution < -0.4 is 20.3 Å². The maximum absolute atomic E-state index is 12.2. The first-order valence-corrected chi connectivity index (χ1v) is 9.17. The number of carbonyl (C=O) groups is 2. The number of anilines is 1. The van der Waals surface area contributed by atoms with Gasteiger partial charge in [0.15, 0.2) is 13.1 Å². The van der Waals surface area contributed by atoms with Crippen molar-refractivity contribution < 1.29 is 19.2 Å². The van der Waals surface area contributed by atoms with Gasteiger partial charge in [-0.05, 0) is 31.9 Å². The number of hydrogen-bond donors (Lipinski definition) is 3. The first-order valence-electron chi connectivity index (χ1n) is 9.17. The Bertz CT molecular complexity index is 571. The molecule has 0 heterocycles. The molecule has 138 valence electrons. The molecule has 1 unspecified atom stereocenters. The van der Waals surface area contributed by atoms with Gasteiger partial charge in [0.2, 0.25) is 0 Å². The lowest BCUT2D eigenvalue weighted by Crippen LogP contribution is -3.14. The Morgan fingerprint density at radius 1 is 1.16 bits per heavy atom. The highest BCUT2D eigenvalue weighted by Gasteiger charge is 2.20. The largest absolute Gasteiger partial charge is 0.497 e. The van der Waals surface area contributed by atoms with Crippen LogP contribution in [0.3, 0.4) is 0 Å². The molecule has 1 aromatic rings. The molecule has 1 fully saturated rings. The van der Waals surface area contributed by atoms with Crippen LogP contribution in [0.15, 0.2) is 24.3 Å². The number of rotatable bonds is 8. The highest BCUT2D eigenvalue weighted by molar-refractivity contribution is 5.91. The molecule has 6 heteroatoms. The molecule has 3 N–H and O–H groups in total. The van der Waals surface area contributed by atoms with Gasteiger partial charge in [-0.15, -0.1) is 0 Å². The summed E-state index contributed by atoms with van der Waals surface area (Å²) in [6.45, 7) is 3.32. The van der Waals surface area contributed by atoms with Crippen LogP contribution in [-0.4, -0.2) is 44.6 Å². The van der Waals surface area contributed by atoms with Gasteiger partial charge < -0.3 is 20.3 Å². The summed E-state index contributed by atoms with van der Waals surface area (Å²) in [6.07, 6.45) is 5.80. The lowest BCUT2D eigenvalue weighted by atomic mass is 9.95. The zero-order valence-electron chi connectivity index (χ0n) is 15.3. The van der Waals surface area contributed by atoms with Gasteiger partial charge in [-0.3, -0.25) is 9.59 Å². The first kappa shape index (κ1) is 19.2. The molecule has 0 spiro atoms. The van der Waals surface area contributed by atoms with E-state index in [1.165, 1.54) is 19.3 Å². The van der Waals surface area contributed by atoms with Gasteiger partial charge in [0.05, 0.1) is 13.7 Å². The Morgan fingerprint density at radius 2 is 1.88 bits per heavy atom. The van der Waals surface area contributed by atoms with E-state index in [2.05, 4.69) is 10.6 Å². The summed E-state index contributed by atoms with van der Waals surface area (Å²) in [5, 5.41) is 5.98.